The molecule has 0 spiro atoms. The molecule has 0 unspecified atom stereocenters. The van der Waals surface area contributed by atoms with Crippen molar-refractivity contribution in [1.29, 1.82) is 0 Å². The lowest BCUT2D eigenvalue weighted by atomic mass is 9.84. The molecule has 0 heterocycles. The number of benzene rings is 8. The molecule has 36 heavy (non-hydrogen) atoms. The fraction of sp³-hybridized carbons (Fsp3) is 0. The summed E-state index contributed by atoms with van der Waals surface area (Å²) in [5.74, 6) is 0. The van der Waals surface area contributed by atoms with Crippen molar-refractivity contribution in [2.24, 2.45) is 0 Å². The van der Waals surface area contributed by atoms with Crippen molar-refractivity contribution in [1.82, 2.24) is 0 Å². The highest BCUT2D eigenvalue weighted by Crippen LogP contribution is 2.51. The van der Waals surface area contributed by atoms with Gasteiger partial charge in [0.15, 0.2) is 10.9 Å². The van der Waals surface area contributed by atoms with E-state index in [4.69, 9.17) is 0 Å². The van der Waals surface area contributed by atoms with Crippen LogP contribution >= 0.6 is 63.7 Å². The fourth-order valence-corrected chi connectivity index (χ4v) is 8.71. The molecule has 0 saturated heterocycles. The highest BCUT2D eigenvalue weighted by Gasteiger charge is 2.26. The van der Waals surface area contributed by atoms with E-state index in [0.29, 0.717) is 21.5 Å². The smallest absolute Gasteiger partial charge is 0.194 e. The number of halogens is 4. The van der Waals surface area contributed by atoms with E-state index in [0.717, 1.165) is 71.8 Å². The Morgan fingerprint density at radius 2 is 1.11 bits per heavy atom. The predicted molar refractivity (Wildman–Crippen MR) is 166 cm³/mol. The lowest BCUT2D eigenvalue weighted by Gasteiger charge is -2.21. The maximum atomic E-state index is 13.8. The molecular formula is C30H10Br4O2. The van der Waals surface area contributed by atoms with Crippen LogP contribution in [0.2, 0.25) is 0 Å². The van der Waals surface area contributed by atoms with Gasteiger partial charge in [-0.25, -0.2) is 0 Å². The Balaban J connectivity index is 1.85. The molecule has 2 nitrogen and oxygen atoms in total. The molecule has 0 aliphatic rings. The molecule has 8 rings (SSSR count). The minimum Gasteiger partial charge on any atom is -0.289 e. The average Bonchev–Trinajstić information content (AvgIpc) is 2.88. The summed E-state index contributed by atoms with van der Waals surface area (Å²) in [6.07, 6.45) is 0. The first-order valence-electron chi connectivity index (χ1n) is 11.2. The molecule has 8 aromatic rings. The van der Waals surface area contributed by atoms with E-state index in [1.54, 1.807) is 0 Å². The van der Waals surface area contributed by atoms with Crippen LogP contribution in [0, 0.1) is 0 Å². The lowest BCUT2D eigenvalue weighted by molar-refractivity contribution is 1.65. The second-order valence-corrected chi connectivity index (χ2v) is 12.5. The van der Waals surface area contributed by atoms with Gasteiger partial charge < -0.3 is 0 Å². The number of rotatable bonds is 0. The third-order valence-electron chi connectivity index (χ3n) is 7.57. The Morgan fingerprint density at radius 1 is 0.417 bits per heavy atom. The second kappa shape index (κ2) is 7.13. The largest absolute Gasteiger partial charge is 0.289 e. The SMILES string of the molecule is O=c1c2ccccc2c2cc3ccc4c(=O)c5ccc(Br)c(Br)c5c5c(Br)c6c(Br)cc1c2c6c3c45. The predicted octanol–water partition coefficient (Wildman–Crippen LogP) is 9.84. The van der Waals surface area contributed by atoms with E-state index in [9.17, 15) is 9.59 Å². The summed E-state index contributed by atoms with van der Waals surface area (Å²) in [5, 5.41) is 12.5. The van der Waals surface area contributed by atoms with Gasteiger partial charge in [-0.2, -0.15) is 0 Å². The van der Waals surface area contributed by atoms with Crippen molar-refractivity contribution in [2.45, 2.75) is 0 Å². The van der Waals surface area contributed by atoms with Crippen LogP contribution < -0.4 is 10.9 Å². The van der Waals surface area contributed by atoms with Crippen LogP contribution in [0.15, 0.2) is 88.1 Å². The summed E-state index contributed by atoms with van der Waals surface area (Å²) >= 11 is 15.2. The molecule has 0 radical (unpaired) electrons. The highest BCUT2D eigenvalue weighted by atomic mass is 79.9. The molecule has 0 atom stereocenters. The Bertz CT molecular complexity index is 2400. The van der Waals surface area contributed by atoms with Gasteiger partial charge in [0.25, 0.3) is 0 Å². The molecule has 8 aromatic carbocycles. The normalized spacial score (nSPS) is 12.7. The Kier molecular flexibility index (Phi) is 4.30. The zero-order chi connectivity index (χ0) is 24.6. The summed E-state index contributed by atoms with van der Waals surface area (Å²) in [6, 6.07) is 19.7. The molecule has 0 aliphatic carbocycles. The Labute approximate surface area is 236 Å². The summed E-state index contributed by atoms with van der Waals surface area (Å²) in [5.41, 5.74) is 0.0251. The fourth-order valence-electron chi connectivity index (χ4n) is 6.13. The van der Waals surface area contributed by atoms with E-state index in [2.05, 4.69) is 69.8 Å². The molecule has 0 aliphatic heterocycles. The van der Waals surface area contributed by atoms with E-state index in [-0.39, 0.29) is 10.9 Å². The molecule has 0 aromatic heterocycles. The number of fused-ring (bicyclic) bond motifs is 4. The highest BCUT2D eigenvalue weighted by molar-refractivity contribution is 9.13. The van der Waals surface area contributed by atoms with Crippen molar-refractivity contribution in [3.63, 3.8) is 0 Å². The second-order valence-electron chi connectivity index (χ2n) is 9.22. The third kappa shape index (κ3) is 2.42. The van der Waals surface area contributed by atoms with Crippen molar-refractivity contribution in [3.05, 3.63) is 99.0 Å². The summed E-state index contributed by atoms with van der Waals surface area (Å²) < 4.78 is 3.47. The van der Waals surface area contributed by atoms with Gasteiger partial charge >= 0.3 is 0 Å². The van der Waals surface area contributed by atoms with E-state index < -0.39 is 0 Å². The van der Waals surface area contributed by atoms with Gasteiger partial charge in [-0.05, 0) is 99.7 Å². The van der Waals surface area contributed by atoms with Gasteiger partial charge in [0.2, 0.25) is 0 Å². The summed E-state index contributed by atoms with van der Waals surface area (Å²) in [6.45, 7) is 0. The molecule has 0 saturated carbocycles. The standard InChI is InChI=1S/C30H10Br4O2/c31-18-8-7-15-23(27(18)33)26-22-14(30(15)36)6-5-11-9-16-12-3-1-2-4-13(12)29(35)17-10-19(32)24(28(26)34)25(20(11)22)21(16)17/h1-10H. The van der Waals surface area contributed by atoms with Crippen LogP contribution in [0.1, 0.15) is 0 Å². The first-order chi connectivity index (χ1) is 17.4. The average molecular weight is 722 g/mol. The van der Waals surface area contributed by atoms with Gasteiger partial charge in [-0.1, -0.05) is 46.3 Å². The minimum absolute atomic E-state index is 0.00330. The van der Waals surface area contributed by atoms with E-state index in [1.807, 2.05) is 54.6 Å². The van der Waals surface area contributed by atoms with Crippen LogP contribution in [0.25, 0.3) is 75.4 Å². The van der Waals surface area contributed by atoms with Crippen molar-refractivity contribution < 1.29 is 0 Å². The topological polar surface area (TPSA) is 34.1 Å². The molecular weight excluding hydrogens is 712 g/mol. The lowest BCUT2D eigenvalue weighted by Crippen LogP contribution is -2.07. The van der Waals surface area contributed by atoms with Crippen molar-refractivity contribution in [3.8, 4) is 0 Å². The molecule has 0 fully saturated rings. The Morgan fingerprint density at radius 3 is 1.92 bits per heavy atom. The van der Waals surface area contributed by atoms with Gasteiger partial charge in [0.1, 0.15) is 0 Å². The zero-order valence-electron chi connectivity index (χ0n) is 18.1. The van der Waals surface area contributed by atoms with Crippen LogP contribution in [0.5, 0.6) is 0 Å². The van der Waals surface area contributed by atoms with Crippen molar-refractivity contribution in [2.75, 3.05) is 0 Å². The van der Waals surface area contributed by atoms with Gasteiger partial charge in [-0.15, -0.1) is 0 Å². The quantitative estimate of drug-likeness (QED) is 0.115. The van der Waals surface area contributed by atoms with Gasteiger partial charge in [-0.3, -0.25) is 9.59 Å². The van der Waals surface area contributed by atoms with Gasteiger partial charge in [0, 0.05) is 71.8 Å². The van der Waals surface area contributed by atoms with Crippen LogP contribution in [0.3, 0.4) is 0 Å². The van der Waals surface area contributed by atoms with Crippen LogP contribution in [-0.2, 0) is 0 Å². The van der Waals surface area contributed by atoms with E-state index >= 15 is 0 Å². The Hall–Kier alpha value is -2.38. The molecule has 0 amide bonds. The first-order valence-corrected chi connectivity index (χ1v) is 14.4. The molecule has 0 N–H and O–H groups in total. The first kappa shape index (κ1) is 21.7. The summed E-state index contributed by atoms with van der Waals surface area (Å²) in [7, 11) is 0. The molecule has 0 bridgehead atoms. The van der Waals surface area contributed by atoms with Crippen LogP contribution in [0.4, 0.5) is 0 Å². The monoisotopic (exact) mass is 718 g/mol. The van der Waals surface area contributed by atoms with E-state index in [1.165, 1.54) is 0 Å². The number of hydrogen-bond acceptors (Lipinski definition) is 2. The maximum Gasteiger partial charge on any atom is 0.194 e. The summed E-state index contributed by atoms with van der Waals surface area (Å²) in [4.78, 5) is 27.4. The van der Waals surface area contributed by atoms with Crippen LogP contribution in [-0.4, -0.2) is 0 Å². The van der Waals surface area contributed by atoms with Gasteiger partial charge in [0.05, 0.1) is 0 Å². The maximum absolute atomic E-state index is 13.8. The molecule has 6 heteroatoms. The number of hydrogen-bond donors (Lipinski definition) is 0. The van der Waals surface area contributed by atoms with Crippen molar-refractivity contribution >= 4 is 139 Å². The zero-order valence-corrected chi connectivity index (χ0v) is 24.4. The molecule has 170 valence electrons. The minimum atomic E-state index is 0.00330. The third-order valence-corrected chi connectivity index (χ3v) is 11.0.